The van der Waals surface area contributed by atoms with Gasteiger partial charge >= 0.3 is 0 Å². The van der Waals surface area contributed by atoms with Crippen LogP contribution in [0, 0.1) is 5.92 Å². The number of nitrogens with zero attached hydrogens (tertiary/aromatic N) is 4. The lowest BCUT2D eigenvalue weighted by Gasteiger charge is -2.37. The van der Waals surface area contributed by atoms with E-state index >= 15 is 0 Å². The molecular weight excluding hydrogens is 498 g/mol. The van der Waals surface area contributed by atoms with E-state index in [1.54, 1.807) is 13.2 Å². The number of hydrogen-bond donors (Lipinski definition) is 1. The van der Waals surface area contributed by atoms with E-state index in [4.69, 9.17) is 4.99 Å². The molecule has 6 heteroatoms. The third kappa shape index (κ3) is 8.26. The Morgan fingerprint density at radius 1 is 1.10 bits per heavy atom. The molecule has 1 fully saturated rings. The largest absolute Gasteiger partial charge is 0.384 e. The smallest absolute Gasteiger partial charge is 0.0455 e. The van der Waals surface area contributed by atoms with Gasteiger partial charge in [-0.1, -0.05) is 37.7 Å². The second kappa shape index (κ2) is 14.4. The van der Waals surface area contributed by atoms with Crippen LogP contribution in [-0.4, -0.2) is 53.1 Å². The Bertz CT molecular complexity index is 1330. The molecule has 2 heterocycles. The summed E-state index contributed by atoms with van der Waals surface area (Å²) in [6.45, 7) is 13.4. The maximum atomic E-state index is 5.13. The first-order valence-corrected chi connectivity index (χ1v) is 16.0. The van der Waals surface area contributed by atoms with Crippen molar-refractivity contribution >= 4 is 33.1 Å². The van der Waals surface area contributed by atoms with Gasteiger partial charge in [-0.15, -0.1) is 9.39 Å². The molecule has 0 spiro atoms. The molecular formula is C33H47N5S. The Kier molecular flexibility index (Phi) is 11.3. The lowest BCUT2D eigenvalue weighted by Crippen LogP contribution is -2.34. The van der Waals surface area contributed by atoms with Crippen molar-refractivity contribution < 1.29 is 0 Å². The molecule has 0 unspecified atom stereocenters. The van der Waals surface area contributed by atoms with Crippen LogP contribution in [0.3, 0.4) is 0 Å². The van der Waals surface area contributed by atoms with Crippen molar-refractivity contribution in [2.24, 2.45) is 15.9 Å². The fraction of sp³-hybridized carbons (Fsp3) is 0.424. The highest BCUT2D eigenvalue weighted by atomic mass is 32.2. The number of aliphatic imine (C=N–C) groups is 2. The van der Waals surface area contributed by atoms with Gasteiger partial charge in [0.05, 0.1) is 0 Å². The van der Waals surface area contributed by atoms with Crippen molar-refractivity contribution in [1.82, 2.24) is 14.6 Å². The molecule has 0 atom stereocenters. The van der Waals surface area contributed by atoms with E-state index in [-0.39, 0.29) is 0 Å². The average molecular weight is 546 g/mol. The summed E-state index contributed by atoms with van der Waals surface area (Å²) in [4.78, 5) is 14.8. The summed E-state index contributed by atoms with van der Waals surface area (Å²) in [6.07, 6.45) is 12.0. The van der Waals surface area contributed by atoms with Gasteiger partial charge in [-0.25, -0.2) is 0 Å². The van der Waals surface area contributed by atoms with Crippen LogP contribution in [0.1, 0.15) is 64.2 Å². The summed E-state index contributed by atoms with van der Waals surface area (Å²) < 4.78 is 2.52. The lowest BCUT2D eigenvalue weighted by molar-refractivity contribution is 0.341. The van der Waals surface area contributed by atoms with E-state index in [1.807, 2.05) is 18.5 Å². The highest BCUT2D eigenvalue weighted by Gasteiger charge is 2.26. The van der Waals surface area contributed by atoms with Crippen LogP contribution >= 0.6 is 9.39 Å². The first-order valence-electron chi connectivity index (χ1n) is 14.0. The summed E-state index contributed by atoms with van der Waals surface area (Å²) in [6, 6.07) is 11.0. The molecule has 0 saturated carbocycles. The molecule has 1 aromatic heterocycles. The standard InChI is InChI=1S/C33H47N5S/c1-9-29-13-14-32(21-30(29)10-2)39(7,8)38-18-15-31(16-19-38)33(37-27(5)25(3)22-34-6)20-26(4)36-24-28-12-11-17-35-23-28/h11-14,17,20-23,31,36H,7-10,15-16,18-19,24H2,1-6H3/b26-20+,27-25+,34-22?,37-33+. The Hall–Kier alpha value is -2.96. The van der Waals surface area contributed by atoms with E-state index in [0.717, 1.165) is 73.6 Å². The van der Waals surface area contributed by atoms with Gasteiger partial charge in [-0.3, -0.25) is 19.3 Å². The first-order chi connectivity index (χ1) is 18.7. The van der Waals surface area contributed by atoms with Crippen molar-refractivity contribution in [3.63, 3.8) is 0 Å². The van der Waals surface area contributed by atoms with E-state index in [1.165, 1.54) is 16.0 Å². The van der Waals surface area contributed by atoms with Crippen LogP contribution in [0.15, 0.2) is 80.6 Å². The van der Waals surface area contributed by atoms with Gasteiger partial charge in [0.25, 0.3) is 0 Å². The van der Waals surface area contributed by atoms with Crippen molar-refractivity contribution in [3.05, 3.63) is 82.5 Å². The fourth-order valence-corrected chi connectivity index (χ4v) is 6.88. The topological polar surface area (TPSA) is 52.9 Å². The molecule has 0 amide bonds. The van der Waals surface area contributed by atoms with E-state index in [9.17, 15) is 0 Å². The minimum atomic E-state index is -1.54. The number of aromatic nitrogens is 1. The van der Waals surface area contributed by atoms with Gasteiger partial charge in [0.2, 0.25) is 0 Å². The zero-order valence-corrected chi connectivity index (χ0v) is 25.7. The van der Waals surface area contributed by atoms with E-state index in [2.05, 4.69) is 96.3 Å². The molecule has 1 N–H and O–H groups in total. The number of allylic oxidation sites excluding steroid dienone is 4. The number of piperidine rings is 1. The molecule has 1 aliphatic rings. The Labute approximate surface area is 237 Å². The summed E-state index contributed by atoms with van der Waals surface area (Å²) >= 11 is 0. The summed E-state index contributed by atoms with van der Waals surface area (Å²) in [7, 11) is 0.259. The minimum absolute atomic E-state index is 0.376. The van der Waals surface area contributed by atoms with Crippen molar-refractivity contribution in [1.29, 1.82) is 0 Å². The summed E-state index contributed by atoms with van der Waals surface area (Å²) in [5.41, 5.74) is 8.34. The van der Waals surface area contributed by atoms with Crippen molar-refractivity contribution in [2.45, 2.75) is 71.7 Å². The van der Waals surface area contributed by atoms with Gasteiger partial charge in [0, 0.05) is 73.2 Å². The van der Waals surface area contributed by atoms with Crippen LogP contribution in [0.4, 0.5) is 0 Å². The number of benzene rings is 1. The highest BCUT2D eigenvalue weighted by Crippen LogP contribution is 2.40. The number of hydrogen-bond acceptors (Lipinski definition) is 5. The molecule has 0 bridgehead atoms. The number of pyridine rings is 1. The lowest BCUT2D eigenvalue weighted by atomic mass is 9.92. The molecule has 1 aromatic carbocycles. The van der Waals surface area contributed by atoms with E-state index < -0.39 is 9.39 Å². The van der Waals surface area contributed by atoms with Gasteiger partial charge < -0.3 is 5.32 Å². The third-order valence-electron chi connectivity index (χ3n) is 7.59. The quantitative estimate of drug-likeness (QED) is 0.245. The maximum Gasteiger partial charge on any atom is 0.0455 e. The van der Waals surface area contributed by atoms with Crippen molar-refractivity contribution in [2.75, 3.05) is 20.1 Å². The monoisotopic (exact) mass is 545 g/mol. The van der Waals surface area contributed by atoms with Gasteiger partial charge in [-0.2, -0.15) is 0 Å². The average Bonchev–Trinajstić information content (AvgIpc) is 2.96. The molecule has 0 aliphatic carbocycles. The van der Waals surface area contributed by atoms with Gasteiger partial charge in [0.1, 0.15) is 0 Å². The zero-order valence-electron chi connectivity index (χ0n) is 24.8. The predicted molar refractivity (Wildman–Crippen MR) is 175 cm³/mol. The third-order valence-corrected chi connectivity index (χ3v) is 10.1. The highest BCUT2D eigenvalue weighted by molar-refractivity contribution is 8.25. The molecule has 1 aliphatic heterocycles. The summed E-state index contributed by atoms with van der Waals surface area (Å²) in [5, 5.41) is 3.54. The normalized spacial score (nSPS) is 17.0. The SMILES string of the molecule is C=S(=C)(c1ccc(CC)c(CC)c1)N1CCC(C(/C=C(\C)NCc2cccnc2)=N/C(C)=C(\C)C=NC)CC1. The number of nitrogens with one attached hydrogen (secondary N) is 1. The van der Waals surface area contributed by atoms with Crippen LogP contribution in [0.25, 0.3) is 0 Å². The van der Waals surface area contributed by atoms with Gasteiger partial charge in [-0.05, 0) is 93.0 Å². The second-order valence-corrected chi connectivity index (χ2v) is 13.1. The fourth-order valence-electron chi connectivity index (χ4n) is 4.99. The summed E-state index contributed by atoms with van der Waals surface area (Å²) in [5.74, 6) is 9.73. The molecule has 0 radical (unpaired) electrons. The molecule has 3 rings (SSSR count). The molecule has 1 saturated heterocycles. The number of rotatable bonds is 11. The van der Waals surface area contributed by atoms with Gasteiger partial charge in [0.15, 0.2) is 0 Å². The Balaban J connectivity index is 1.80. The Morgan fingerprint density at radius 3 is 2.44 bits per heavy atom. The first kappa shape index (κ1) is 30.6. The molecule has 210 valence electrons. The molecule has 5 nitrogen and oxygen atoms in total. The van der Waals surface area contributed by atoms with Crippen molar-refractivity contribution in [3.8, 4) is 0 Å². The van der Waals surface area contributed by atoms with E-state index in [0.29, 0.717) is 5.92 Å². The maximum absolute atomic E-state index is 5.13. The predicted octanol–water partition coefficient (Wildman–Crippen LogP) is 6.99. The van der Waals surface area contributed by atoms with Crippen LogP contribution < -0.4 is 5.32 Å². The zero-order chi connectivity index (χ0) is 28.4. The molecule has 2 aromatic rings. The Morgan fingerprint density at radius 2 is 1.82 bits per heavy atom. The van der Waals surface area contributed by atoms with Crippen LogP contribution in [0.2, 0.25) is 0 Å². The second-order valence-electron chi connectivity index (χ2n) is 10.4. The molecule has 39 heavy (non-hydrogen) atoms. The minimum Gasteiger partial charge on any atom is -0.384 e. The number of aryl methyl sites for hydroxylation is 2. The van der Waals surface area contributed by atoms with Crippen LogP contribution in [-0.2, 0) is 19.4 Å². The van der Waals surface area contributed by atoms with Crippen LogP contribution in [0.5, 0.6) is 0 Å².